The molecule has 10 heteroatoms. The Bertz CT molecular complexity index is 1400. The molecule has 220 valence electrons. The maximum absolute atomic E-state index is 14.1. The molecular formula is C31H37Cl2N3O4S. The summed E-state index contributed by atoms with van der Waals surface area (Å²) in [7, 11) is -4.20. The molecule has 0 spiro atoms. The van der Waals surface area contributed by atoms with E-state index < -0.39 is 28.5 Å². The van der Waals surface area contributed by atoms with Crippen LogP contribution in [0.3, 0.4) is 0 Å². The van der Waals surface area contributed by atoms with Crippen LogP contribution in [0.25, 0.3) is 0 Å². The summed E-state index contributed by atoms with van der Waals surface area (Å²) in [5, 5.41) is 3.39. The number of rotatable bonds is 14. The highest BCUT2D eigenvalue weighted by Crippen LogP contribution is 2.30. The first-order valence-electron chi connectivity index (χ1n) is 13.7. The van der Waals surface area contributed by atoms with E-state index in [4.69, 9.17) is 23.2 Å². The Labute approximate surface area is 253 Å². The SMILES string of the molecule is CCCCNC(=O)C(CC)N(CCc1ccccc1)C(=O)CN(c1cc(Cl)cc(Cl)c1)S(=O)(=O)c1ccc(C)cc1. The van der Waals surface area contributed by atoms with Gasteiger partial charge in [-0.05, 0) is 62.1 Å². The summed E-state index contributed by atoms with van der Waals surface area (Å²) in [4.78, 5) is 28.8. The molecule has 0 saturated heterocycles. The minimum absolute atomic E-state index is 0.0205. The van der Waals surface area contributed by atoms with Crippen LogP contribution in [0.4, 0.5) is 5.69 Å². The van der Waals surface area contributed by atoms with Gasteiger partial charge in [-0.1, -0.05) is 91.5 Å². The van der Waals surface area contributed by atoms with E-state index >= 15 is 0 Å². The number of sulfonamides is 1. The average molecular weight is 619 g/mol. The number of anilines is 1. The highest BCUT2D eigenvalue weighted by Gasteiger charge is 2.33. The molecule has 0 heterocycles. The topological polar surface area (TPSA) is 86.8 Å². The van der Waals surface area contributed by atoms with Crippen LogP contribution >= 0.6 is 23.2 Å². The molecule has 0 radical (unpaired) electrons. The third-order valence-corrected chi connectivity index (χ3v) is 8.95. The van der Waals surface area contributed by atoms with Crippen molar-refractivity contribution in [2.75, 3.05) is 23.9 Å². The van der Waals surface area contributed by atoms with Gasteiger partial charge in [0.25, 0.3) is 10.0 Å². The van der Waals surface area contributed by atoms with Gasteiger partial charge in [0.2, 0.25) is 11.8 Å². The van der Waals surface area contributed by atoms with Gasteiger partial charge in [0.15, 0.2) is 0 Å². The monoisotopic (exact) mass is 617 g/mol. The number of unbranched alkanes of at least 4 members (excludes halogenated alkanes) is 1. The van der Waals surface area contributed by atoms with Crippen molar-refractivity contribution in [2.24, 2.45) is 0 Å². The van der Waals surface area contributed by atoms with E-state index in [-0.39, 0.29) is 33.1 Å². The molecule has 0 bridgehead atoms. The Kier molecular flexibility index (Phi) is 12.1. The number of carbonyl (C=O) groups excluding carboxylic acids is 2. The molecule has 1 unspecified atom stereocenters. The second-order valence-corrected chi connectivity index (χ2v) is 12.6. The van der Waals surface area contributed by atoms with Gasteiger partial charge in [0.05, 0.1) is 10.6 Å². The van der Waals surface area contributed by atoms with Crippen LogP contribution in [-0.4, -0.2) is 50.8 Å². The van der Waals surface area contributed by atoms with Crippen molar-refractivity contribution < 1.29 is 18.0 Å². The standard InChI is InChI=1S/C31H37Cl2N3O4S/c1-4-6-17-34-31(38)29(5-2)35(18-16-24-10-8-7-9-11-24)30(37)22-36(27-20-25(32)19-26(33)21-27)41(39,40)28-14-12-23(3)13-15-28/h7-15,19-21,29H,4-6,16-18,22H2,1-3H3,(H,34,38). The fraction of sp³-hybridized carbons (Fsp3) is 0.355. The van der Waals surface area contributed by atoms with E-state index in [1.807, 2.05) is 51.1 Å². The molecule has 3 rings (SSSR count). The van der Waals surface area contributed by atoms with E-state index in [1.54, 1.807) is 12.1 Å². The van der Waals surface area contributed by atoms with Crippen LogP contribution in [0.15, 0.2) is 77.7 Å². The predicted octanol–water partition coefficient (Wildman–Crippen LogP) is 6.26. The summed E-state index contributed by atoms with van der Waals surface area (Å²) in [6.45, 7) is 5.92. The van der Waals surface area contributed by atoms with Crippen LogP contribution in [0.1, 0.15) is 44.2 Å². The largest absolute Gasteiger partial charge is 0.354 e. The lowest BCUT2D eigenvalue weighted by Gasteiger charge is -2.33. The van der Waals surface area contributed by atoms with E-state index in [0.29, 0.717) is 19.4 Å². The number of amides is 2. The van der Waals surface area contributed by atoms with E-state index in [1.165, 1.54) is 35.2 Å². The lowest BCUT2D eigenvalue weighted by molar-refractivity contribution is -0.139. The van der Waals surface area contributed by atoms with Crippen molar-refractivity contribution in [1.82, 2.24) is 10.2 Å². The number of hydrogen-bond acceptors (Lipinski definition) is 4. The zero-order valence-corrected chi connectivity index (χ0v) is 26.0. The summed E-state index contributed by atoms with van der Waals surface area (Å²) >= 11 is 12.5. The zero-order chi connectivity index (χ0) is 30.0. The van der Waals surface area contributed by atoms with Gasteiger partial charge in [-0.15, -0.1) is 0 Å². The Hall–Kier alpha value is -3.07. The molecule has 1 N–H and O–H groups in total. The second kappa shape index (κ2) is 15.2. The molecule has 0 saturated carbocycles. The minimum atomic E-state index is -4.20. The van der Waals surface area contributed by atoms with Gasteiger partial charge in [0.1, 0.15) is 12.6 Å². The number of carbonyl (C=O) groups is 2. The average Bonchev–Trinajstić information content (AvgIpc) is 2.94. The molecule has 3 aromatic carbocycles. The molecule has 0 aromatic heterocycles. The minimum Gasteiger partial charge on any atom is -0.354 e. The zero-order valence-electron chi connectivity index (χ0n) is 23.6. The van der Waals surface area contributed by atoms with Gasteiger partial charge in [-0.25, -0.2) is 8.42 Å². The van der Waals surface area contributed by atoms with Gasteiger partial charge < -0.3 is 10.2 Å². The summed E-state index contributed by atoms with van der Waals surface area (Å²) in [5.41, 5.74) is 2.04. The number of aryl methyl sites for hydroxylation is 1. The quantitative estimate of drug-likeness (QED) is 0.216. The van der Waals surface area contributed by atoms with Crippen molar-refractivity contribution in [3.63, 3.8) is 0 Å². The second-order valence-electron chi connectivity index (χ2n) is 9.84. The van der Waals surface area contributed by atoms with Crippen molar-refractivity contribution in [2.45, 2.75) is 57.4 Å². The molecule has 7 nitrogen and oxygen atoms in total. The van der Waals surface area contributed by atoms with Gasteiger partial charge in [-0.2, -0.15) is 0 Å². The van der Waals surface area contributed by atoms with Crippen LogP contribution in [0, 0.1) is 6.92 Å². The Morgan fingerprint density at radius 1 is 0.927 bits per heavy atom. The summed E-state index contributed by atoms with van der Waals surface area (Å²) < 4.78 is 28.9. The molecule has 0 aliphatic carbocycles. The van der Waals surface area contributed by atoms with Crippen LogP contribution < -0.4 is 9.62 Å². The smallest absolute Gasteiger partial charge is 0.264 e. The normalized spacial score (nSPS) is 12.0. The first-order chi connectivity index (χ1) is 19.6. The van der Waals surface area contributed by atoms with Gasteiger partial charge in [0, 0.05) is 23.1 Å². The van der Waals surface area contributed by atoms with Crippen molar-refractivity contribution >= 4 is 50.7 Å². The summed E-state index contributed by atoms with van der Waals surface area (Å²) in [6, 6.07) is 19.6. The third-order valence-electron chi connectivity index (χ3n) is 6.72. The van der Waals surface area contributed by atoms with Crippen molar-refractivity contribution in [3.05, 3.63) is 94.0 Å². The highest BCUT2D eigenvalue weighted by molar-refractivity contribution is 7.92. The van der Waals surface area contributed by atoms with Crippen LogP contribution in [0.2, 0.25) is 10.0 Å². The van der Waals surface area contributed by atoms with E-state index in [9.17, 15) is 18.0 Å². The fourth-order valence-electron chi connectivity index (χ4n) is 4.45. The molecule has 41 heavy (non-hydrogen) atoms. The number of nitrogens with zero attached hydrogens (tertiary/aromatic N) is 2. The summed E-state index contributed by atoms with van der Waals surface area (Å²) in [6.07, 6.45) is 2.60. The Morgan fingerprint density at radius 3 is 2.15 bits per heavy atom. The Morgan fingerprint density at radius 2 is 1.56 bits per heavy atom. The molecule has 2 amide bonds. The first kappa shape index (κ1) is 32.4. The predicted molar refractivity (Wildman–Crippen MR) is 166 cm³/mol. The number of benzene rings is 3. The number of nitrogens with one attached hydrogen (secondary N) is 1. The fourth-order valence-corrected chi connectivity index (χ4v) is 6.36. The molecule has 1 atom stereocenters. The lowest BCUT2D eigenvalue weighted by Crippen LogP contribution is -2.53. The maximum Gasteiger partial charge on any atom is 0.264 e. The maximum atomic E-state index is 14.1. The van der Waals surface area contributed by atoms with Crippen LogP contribution in [0.5, 0.6) is 0 Å². The van der Waals surface area contributed by atoms with Crippen molar-refractivity contribution in [1.29, 1.82) is 0 Å². The molecule has 0 fully saturated rings. The Balaban J connectivity index is 2.01. The van der Waals surface area contributed by atoms with Gasteiger partial charge in [-0.3, -0.25) is 13.9 Å². The lowest BCUT2D eigenvalue weighted by atomic mass is 10.1. The molecule has 0 aliphatic rings. The highest BCUT2D eigenvalue weighted by atomic mass is 35.5. The van der Waals surface area contributed by atoms with E-state index in [2.05, 4.69) is 5.32 Å². The molecule has 3 aromatic rings. The first-order valence-corrected chi connectivity index (χ1v) is 15.9. The number of halogens is 2. The number of hydrogen-bond donors (Lipinski definition) is 1. The third kappa shape index (κ3) is 8.96. The van der Waals surface area contributed by atoms with Crippen molar-refractivity contribution in [3.8, 4) is 0 Å². The molecule has 0 aliphatic heterocycles. The molecular weight excluding hydrogens is 581 g/mol. The van der Waals surface area contributed by atoms with Gasteiger partial charge >= 0.3 is 0 Å². The van der Waals surface area contributed by atoms with E-state index in [0.717, 1.165) is 28.3 Å². The van der Waals surface area contributed by atoms with Crippen LogP contribution in [-0.2, 0) is 26.0 Å². The summed E-state index contributed by atoms with van der Waals surface area (Å²) in [5.74, 6) is -0.772.